The van der Waals surface area contributed by atoms with Crippen LogP contribution < -0.4 is 16.4 Å². The van der Waals surface area contributed by atoms with Crippen molar-refractivity contribution in [2.45, 2.75) is 104 Å². The van der Waals surface area contributed by atoms with Crippen molar-refractivity contribution in [2.75, 3.05) is 0 Å². The lowest BCUT2D eigenvalue weighted by molar-refractivity contribution is -0.150. The van der Waals surface area contributed by atoms with E-state index in [1.807, 2.05) is 59.7 Å². The van der Waals surface area contributed by atoms with E-state index in [1.165, 1.54) is 4.90 Å². The number of amides is 4. The molecule has 0 heterocycles. The van der Waals surface area contributed by atoms with Crippen LogP contribution in [0.15, 0.2) is 24.3 Å². The summed E-state index contributed by atoms with van der Waals surface area (Å²) in [7, 11) is 0. The molecule has 9 heteroatoms. The van der Waals surface area contributed by atoms with E-state index in [2.05, 4.69) is 10.6 Å². The summed E-state index contributed by atoms with van der Waals surface area (Å²) < 4.78 is 5.30. The van der Waals surface area contributed by atoms with Crippen molar-refractivity contribution < 1.29 is 23.9 Å². The second kappa shape index (κ2) is 12.0. The third-order valence-electron chi connectivity index (χ3n) is 5.44. The molecule has 2 atom stereocenters. The molecule has 0 aliphatic carbocycles. The largest absolute Gasteiger partial charge is 0.444 e. The van der Waals surface area contributed by atoms with Gasteiger partial charge in [-0.05, 0) is 67.4 Å². The number of nitrogens with zero attached hydrogens (tertiary/aromatic N) is 1. The van der Waals surface area contributed by atoms with Gasteiger partial charge in [0.05, 0.1) is 6.42 Å². The summed E-state index contributed by atoms with van der Waals surface area (Å²) in [5.41, 5.74) is 5.34. The monoisotopic (exact) mass is 490 g/mol. The van der Waals surface area contributed by atoms with Gasteiger partial charge in [0.2, 0.25) is 17.7 Å². The Morgan fingerprint density at radius 2 is 1.66 bits per heavy atom. The van der Waals surface area contributed by atoms with Crippen LogP contribution in [0.25, 0.3) is 0 Å². The number of rotatable bonds is 10. The van der Waals surface area contributed by atoms with E-state index in [0.29, 0.717) is 12.0 Å². The van der Waals surface area contributed by atoms with Gasteiger partial charge >= 0.3 is 6.09 Å². The Bertz CT molecular complexity index is 921. The molecule has 2 unspecified atom stereocenters. The molecular formula is C26H42N4O5. The second-order valence-electron chi connectivity index (χ2n) is 10.7. The first-order valence-corrected chi connectivity index (χ1v) is 12.0. The number of primary amides is 1. The molecule has 196 valence electrons. The number of nitrogens with two attached hydrogens (primary N) is 1. The molecule has 1 rings (SSSR count). The van der Waals surface area contributed by atoms with Gasteiger partial charge in [-0.25, -0.2) is 4.79 Å². The molecule has 1 aromatic rings. The van der Waals surface area contributed by atoms with Crippen LogP contribution in [0.5, 0.6) is 0 Å². The molecule has 0 fully saturated rings. The van der Waals surface area contributed by atoms with Gasteiger partial charge in [-0.15, -0.1) is 0 Å². The minimum atomic E-state index is -1.31. The van der Waals surface area contributed by atoms with Crippen LogP contribution in [0.2, 0.25) is 0 Å². The van der Waals surface area contributed by atoms with Crippen molar-refractivity contribution in [3.05, 3.63) is 35.4 Å². The Kier molecular flexibility index (Phi) is 10.3. The first-order chi connectivity index (χ1) is 16.0. The maximum atomic E-state index is 14.0. The number of alkyl carbamates (subject to hydrolysis) is 1. The first-order valence-electron chi connectivity index (χ1n) is 12.0. The van der Waals surface area contributed by atoms with Crippen LogP contribution in [0.1, 0.15) is 85.4 Å². The summed E-state index contributed by atoms with van der Waals surface area (Å²) in [5.74, 6) is -1.74. The lowest BCUT2D eigenvalue weighted by Crippen LogP contribution is -2.60. The summed E-state index contributed by atoms with van der Waals surface area (Å²) in [6, 6.07) is 4.87. The predicted octanol–water partition coefficient (Wildman–Crippen LogP) is 3.35. The molecule has 4 N–H and O–H groups in total. The number of hydrogen-bond acceptors (Lipinski definition) is 5. The summed E-state index contributed by atoms with van der Waals surface area (Å²) in [6.07, 6.45) is -0.794. The number of ether oxygens (including phenoxy) is 1. The summed E-state index contributed by atoms with van der Waals surface area (Å²) in [5, 5.41) is 5.40. The number of nitrogens with one attached hydrogen (secondary N) is 2. The van der Waals surface area contributed by atoms with Gasteiger partial charge in [-0.1, -0.05) is 36.8 Å². The van der Waals surface area contributed by atoms with Gasteiger partial charge < -0.3 is 26.0 Å². The lowest BCUT2D eigenvalue weighted by atomic mass is 9.91. The van der Waals surface area contributed by atoms with Crippen molar-refractivity contribution in [3.8, 4) is 0 Å². The highest BCUT2D eigenvalue weighted by Crippen LogP contribution is 2.33. The number of aryl methyl sites for hydroxylation is 1. The molecule has 0 saturated heterocycles. The quantitative estimate of drug-likeness (QED) is 0.463. The Hall–Kier alpha value is -3.10. The van der Waals surface area contributed by atoms with Gasteiger partial charge in [-0.2, -0.15) is 0 Å². The molecule has 0 saturated carbocycles. The van der Waals surface area contributed by atoms with Crippen LogP contribution in [0.4, 0.5) is 4.79 Å². The molecule has 0 radical (unpaired) electrons. The minimum absolute atomic E-state index is 0.169. The van der Waals surface area contributed by atoms with Gasteiger partial charge in [0.25, 0.3) is 0 Å². The average Bonchev–Trinajstić information content (AvgIpc) is 2.68. The van der Waals surface area contributed by atoms with Crippen LogP contribution >= 0.6 is 0 Å². The summed E-state index contributed by atoms with van der Waals surface area (Å²) in [4.78, 5) is 53.4. The zero-order valence-electron chi connectivity index (χ0n) is 22.5. The highest BCUT2D eigenvalue weighted by Gasteiger charge is 2.43. The van der Waals surface area contributed by atoms with Crippen molar-refractivity contribution in [2.24, 2.45) is 5.73 Å². The molecule has 0 aliphatic heterocycles. The summed E-state index contributed by atoms with van der Waals surface area (Å²) in [6.45, 7) is 16.2. The van der Waals surface area contributed by atoms with Gasteiger partial charge in [0.15, 0.2) is 0 Å². The van der Waals surface area contributed by atoms with E-state index < -0.39 is 47.6 Å². The van der Waals surface area contributed by atoms with Gasteiger partial charge in [0.1, 0.15) is 17.7 Å². The zero-order valence-corrected chi connectivity index (χ0v) is 22.5. The van der Waals surface area contributed by atoms with Crippen LogP contribution in [-0.4, -0.2) is 51.9 Å². The van der Waals surface area contributed by atoms with Crippen molar-refractivity contribution in [1.82, 2.24) is 15.5 Å². The topological polar surface area (TPSA) is 131 Å². The van der Waals surface area contributed by atoms with Crippen molar-refractivity contribution >= 4 is 23.8 Å². The van der Waals surface area contributed by atoms with E-state index >= 15 is 0 Å². The van der Waals surface area contributed by atoms with E-state index in [0.717, 1.165) is 5.56 Å². The fourth-order valence-electron chi connectivity index (χ4n) is 3.59. The van der Waals surface area contributed by atoms with Gasteiger partial charge in [0, 0.05) is 11.6 Å². The predicted molar refractivity (Wildman–Crippen MR) is 135 cm³/mol. The molecule has 0 aliphatic rings. The SMILES string of the molecule is CCC(C)(C)N(C(=O)C(CC(N)=O)NC(=O)OC(C)(C)C)C(C(=O)NC(C)C)c1cccc(C)c1. The highest BCUT2D eigenvalue weighted by atomic mass is 16.6. The standard InChI is InChI=1S/C26H42N4O5/c1-10-26(8,9)30(21(22(32)28-16(2)3)18-13-11-12-17(4)14-18)23(33)19(15-20(27)31)29-24(34)35-25(5,6)7/h11-14,16,19,21H,10,15H2,1-9H3,(H2,27,31)(H,28,32)(H,29,34). The van der Waals surface area contributed by atoms with E-state index in [-0.39, 0.29) is 11.9 Å². The minimum Gasteiger partial charge on any atom is -0.444 e. The normalized spacial score (nSPS) is 13.5. The molecule has 0 aromatic heterocycles. The molecule has 0 bridgehead atoms. The van der Waals surface area contributed by atoms with Crippen LogP contribution in [0, 0.1) is 6.92 Å². The maximum Gasteiger partial charge on any atom is 0.408 e. The van der Waals surface area contributed by atoms with E-state index in [4.69, 9.17) is 10.5 Å². The van der Waals surface area contributed by atoms with E-state index in [1.54, 1.807) is 26.8 Å². The fourth-order valence-corrected chi connectivity index (χ4v) is 3.59. The third kappa shape index (κ3) is 9.22. The Balaban J connectivity index is 3.64. The number of carbonyl (C=O) groups is 4. The maximum absolute atomic E-state index is 14.0. The number of hydrogen-bond donors (Lipinski definition) is 3. The van der Waals surface area contributed by atoms with Crippen LogP contribution in [-0.2, 0) is 19.1 Å². The second-order valence-corrected chi connectivity index (χ2v) is 10.7. The molecule has 9 nitrogen and oxygen atoms in total. The van der Waals surface area contributed by atoms with Crippen molar-refractivity contribution in [3.63, 3.8) is 0 Å². The van der Waals surface area contributed by atoms with E-state index in [9.17, 15) is 19.2 Å². The number of benzene rings is 1. The Morgan fingerprint density at radius 3 is 2.11 bits per heavy atom. The molecule has 0 spiro atoms. The Morgan fingerprint density at radius 1 is 1.06 bits per heavy atom. The number of carbonyl (C=O) groups excluding carboxylic acids is 4. The fraction of sp³-hybridized carbons (Fsp3) is 0.615. The molecule has 1 aromatic carbocycles. The molecule has 35 heavy (non-hydrogen) atoms. The molecule has 4 amide bonds. The highest BCUT2D eigenvalue weighted by molar-refractivity contribution is 5.95. The van der Waals surface area contributed by atoms with Gasteiger partial charge in [-0.3, -0.25) is 14.4 Å². The average molecular weight is 491 g/mol. The smallest absolute Gasteiger partial charge is 0.408 e. The first kappa shape index (κ1) is 29.9. The molecular weight excluding hydrogens is 448 g/mol. The summed E-state index contributed by atoms with van der Waals surface area (Å²) >= 11 is 0. The lowest BCUT2D eigenvalue weighted by Gasteiger charge is -2.44. The zero-order chi connectivity index (χ0) is 27.1. The Labute approximate surface area is 209 Å². The van der Waals surface area contributed by atoms with Crippen molar-refractivity contribution in [1.29, 1.82) is 0 Å². The third-order valence-corrected chi connectivity index (χ3v) is 5.44. The van der Waals surface area contributed by atoms with Crippen LogP contribution in [0.3, 0.4) is 0 Å².